The number of aryl methyl sites for hydroxylation is 1. The van der Waals surface area contributed by atoms with E-state index in [1.807, 2.05) is 35.8 Å². The minimum atomic E-state index is 0. The fourth-order valence-electron chi connectivity index (χ4n) is 3.11. The van der Waals surface area contributed by atoms with Crippen LogP contribution in [0.3, 0.4) is 0 Å². The van der Waals surface area contributed by atoms with Crippen molar-refractivity contribution in [3.05, 3.63) is 23.0 Å². The molecule has 0 spiro atoms. The van der Waals surface area contributed by atoms with Gasteiger partial charge in [-0.3, -0.25) is 9.79 Å². The van der Waals surface area contributed by atoms with Gasteiger partial charge in [-0.1, -0.05) is 30.9 Å². The van der Waals surface area contributed by atoms with E-state index in [9.17, 15) is 4.79 Å². The molecule has 0 unspecified atom stereocenters. The van der Waals surface area contributed by atoms with Crippen molar-refractivity contribution < 1.29 is 4.79 Å². The second-order valence-electron chi connectivity index (χ2n) is 6.42. The van der Waals surface area contributed by atoms with Crippen molar-refractivity contribution in [3.63, 3.8) is 0 Å². The first kappa shape index (κ1) is 22.1. The first-order valence-electron chi connectivity index (χ1n) is 8.51. The fourth-order valence-corrected chi connectivity index (χ4v) is 3.38. The van der Waals surface area contributed by atoms with Crippen LogP contribution in [-0.2, 0) is 18.4 Å². The van der Waals surface area contributed by atoms with Gasteiger partial charge in [-0.05, 0) is 18.9 Å². The molecule has 0 atom stereocenters. The highest BCUT2D eigenvalue weighted by atomic mass is 127. The van der Waals surface area contributed by atoms with Gasteiger partial charge in [0.2, 0.25) is 5.91 Å². The van der Waals surface area contributed by atoms with Crippen molar-refractivity contribution in [1.29, 1.82) is 0 Å². The molecular weight excluding hydrogens is 453 g/mol. The summed E-state index contributed by atoms with van der Waals surface area (Å²) < 4.78 is 1.99. The van der Waals surface area contributed by atoms with E-state index in [4.69, 9.17) is 11.6 Å². The Morgan fingerprint density at radius 1 is 1.40 bits per heavy atom. The summed E-state index contributed by atoms with van der Waals surface area (Å²) in [5, 5.41) is 6.95. The lowest BCUT2D eigenvalue weighted by Crippen LogP contribution is -2.46. The number of guanidine groups is 1. The Morgan fingerprint density at radius 3 is 2.64 bits per heavy atom. The van der Waals surface area contributed by atoms with Crippen LogP contribution in [0.1, 0.15) is 37.8 Å². The number of carbonyl (C=O) groups is 1. The molecule has 2 rings (SSSR count). The lowest BCUT2D eigenvalue weighted by atomic mass is 9.95. The quantitative estimate of drug-likeness (QED) is 0.386. The van der Waals surface area contributed by atoms with Gasteiger partial charge in [0.25, 0.3) is 0 Å². The van der Waals surface area contributed by atoms with Gasteiger partial charge in [-0.25, -0.2) is 0 Å². The molecule has 1 heterocycles. The molecule has 142 valence electrons. The summed E-state index contributed by atoms with van der Waals surface area (Å²) in [6.45, 7) is 0.897. The lowest BCUT2D eigenvalue weighted by molar-refractivity contribution is -0.120. The van der Waals surface area contributed by atoms with Crippen molar-refractivity contribution in [2.75, 3.05) is 20.6 Å². The van der Waals surface area contributed by atoms with Crippen LogP contribution in [0.25, 0.3) is 0 Å². The third-order valence-electron chi connectivity index (χ3n) is 4.42. The van der Waals surface area contributed by atoms with Gasteiger partial charge in [0.15, 0.2) is 5.96 Å². The maximum absolute atomic E-state index is 12.1. The molecule has 1 aromatic heterocycles. The Bertz CT molecular complexity index is 584. The van der Waals surface area contributed by atoms with Gasteiger partial charge in [0, 0.05) is 39.1 Å². The SMILES string of the molecule is CN=C(NCC(=O)NC1CCCCC1)N(C)Cc1cc(Cl)cn1C.I. The van der Waals surface area contributed by atoms with E-state index in [0.29, 0.717) is 18.5 Å². The maximum Gasteiger partial charge on any atom is 0.239 e. The number of nitrogens with zero attached hydrogens (tertiary/aromatic N) is 3. The van der Waals surface area contributed by atoms with Gasteiger partial charge >= 0.3 is 0 Å². The van der Waals surface area contributed by atoms with Crippen molar-refractivity contribution in [1.82, 2.24) is 20.1 Å². The number of aliphatic imine (C=N–C) groups is 1. The molecule has 0 bridgehead atoms. The molecule has 2 N–H and O–H groups in total. The molecule has 25 heavy (non-hydrogen) atoms. The number of aromatic nitrogens is 1. The predicted octanol–water partition coefficient (Wildman–Crippen LogP) is 2.75. The molecule has 1 aliphatic carbocycles. The predicted molar refractivity (Wildman–Crippen MR) is 114 cm³/mol. The number of carbonyl (C=O) groups excluding carboxylic acids is 1. The lowest BCUT2D eigenvalue weighted by Gasteiger charge is -2.24. The van der Waals surface area contributed by atoms with Crippen LogP contribution in [0.2, 0.25) is 5.02 Å². The van der Waals surface area contributed by atoms with Crippen molar-refractivity contribution in [3.8, 4) is 0 Å². The molecule has 6 nitrogen and oxygen atoms in total. The number of hydrogen-bond donors (Lipinski definition) is 2. The van der Waals surface area contributed by atoms with Crippen LogP contribution in [-0.4, -0.2) is 48.0 Å². The largest absolute Gasteiger partial charge is 0.352 e. The summed E-state index contributed by atoms with van der Waals surface area (Å²) in [5.74, 6) is 0.712. The summed E-state index contributed by atoms with van der Waals surface area (Å²) in [6.07, 6.45) is 7.76. The normalized spacial score (nSPS) is 15.4. The molecule has 1 fully saturated rings. The summed E-state index contributed by atoms with van der Waals surface area (Å²) in [6, 6.07) is 2.26. The highest BCUT2D eigenvalue weighted by Crippen LogP contribution is 2.17. The number of amides is 1. The van der Waals surface area contributed by atoms with E-state index in [-0.39, 0.29) is 36.4 Å². The Hall–Kier alpha value is -0.960. The molecule has 8 heteroatoms. The fraction of sp³-hybridized carbons (Fsp3) is 0.647. The summed E-state index contributed by atoms with van der Waals surface area (Å²) in [7, 11) is 5.62. The number of nitrogens with one attached hydrogen (secondary N) is 2. The molecule has 1 aliphatic rings. The van der Waals surface area contributed by atoms with Gasteiger partial charge < -0.3 is 20.1 Å². The summed E-state index contributed by atoms with van der Waals surface area (Å²) in [4.78, 5) is 18.3. The van der Waals surface area contributed by atoms with E-state index < -0.39 is 0 Å². The monoisotopic (exact) mass is 481 g/mol. The van der Waals surface area contributed by atoms with Gasteiger partial charge in [-0.2, -0.15) is 0 Å². The maximum atomic E-state index is 12.1. The summed E-state index contributed by atoms with van der Waals surface area (Å²) >= 11 is 6.02. The number of hydrogen-bond acceptors (Lipinski definition) is 2. The average Bonchev–Trinajstić information content (AvgIpc) is 2.86. The van der Waals surface area contributed by atoms with E-state index in [0.717, 1.165) is 23.6 Å². The van der Waals surface area contributed by atoms with Gasteiger partial charge in [-0.15, -0.1) is 24.0 Å². The minimum Gasteiger partial charge on any atom is -0.352 e. The number of halogens is 2. The van der Waals surface area contributed by atoms with E-state index in [1.54, 1.807) is 7.05 Å². The van der Waals surface area contributed by atoms with Crippen LogP contribution < -0.4 is 10.6 Å². The second-order valence-corrected chi connectivity index (χ2v) is 6.86. The average molecular weight is 482 g/mol. The molecule has 0 aromatic carbocycles. The standard InChI is InChI=1S/C17H28ClN5O.HI/c1-19-17(23(3)12-15-9-13(18)11-22(15)2)20-10-16(24)21-14-7-5-4-6-8-14;/h9,11,14H,4-8,10,12H2,1-3H3,(H,19,20)(H,21,24);1H. The molecule has 1 amide bonds. The zero-order valence-electron chi connectivity index (χ0n) is 15.2. The van der Waals surface area contributed by atoms with Crippen LogP contribution in [0.4, 0.5) is 0 Å². The van der Waals surface area contributed by atoms with Crippen LogP contribution in [0.5, 0.6) is 0 Å². The first-order chi connectivity index (χ1) is 11.5. The molecule has 1 saturated carbocycles. The Morgan fingerprint density at radius 2 is 2.08 bits per heavy atom. The molecule has 1 aromatic rings. The highest BCUT2D eigenvalue weighted by molar-refractivity contribution is 14.0. The molecular formula is C17H29ClIN5O. The van der Waals surface area contributed by atoms with Gasteiger partial charge in [0.05, 0.1) is 18.1 Å². The van der Waals surface area contributed by atoms with Crippen molar-refractivity contribution in [2.45, 2.75) is 44.7 Å². The topological polar surface area (TPSA) is 61.7 Å². The van der Waals surface area contributed by atoms with E-state index in [2.05, 4.69) is 15.6 Å². The Kier molecular flexibility index (Phi) is 9.63. The highest BCUT2D eigenvalue weighted by Gasteiger charge is 2.16. The Labute approximate surface area is 172 Å². The number of rotatable bonds is 5. The second kappa shape index (κ2) is 10.9. The molecule has 0 saturated heterocycles. The van der Waals surface area contributed by atoms with Crippen LogP contribution >= 0.6 is 35.6 Å². The summed E-state index contributed by atoms with van der Waals surface area (Å²) in [5.41, 5.74) is 1.08. The third kappa shape index (κ3) is 7.05. The Balaban J connectivity index is 0.00000312. The van der Waals surface area contributed by atoms with E-state index >= 15 is 0 Å². The molecule has 0 radical (unpaired) electrons. The molecule has 0 aliphatic heterocycles. The van der Waals surface area contributed by atoms with E-state index in [1.165, 1.54) is 19.3 Å². The minimum absolute atomic E-state index is 0. The van der Waals surface area contributed by atoms with Gasteiger partial charge in [0.1, 0.15) is 0 Å². The zero-order valence-corrected chi connectivity index (χ0v) is 18.3. The smallest absolute Gasteiger partial charge is 0.239 e. The zero-order chi connectivity index (χ0) is 17.5. The first-order valence-corrected chi connectivity index (χ1v) is 8.89. The van der Waals surface area contributed by atoms with Crippen LogP contribution in [0, 0.1) is 0 Å². The van der Waals surface area contributed by atoms with Crippen molar-refractivity contribution >= 4 is 47.4 Å². The van der Waals surface area contributed by atoms with Crippen molar-refractivity contribution in [2.24, 2.45) is 12.0 Å². The van der Waals surface area contributed by atoms with Crippen LogP contribution in [0.15, 0.2) is 17.3 Å². The third-order valence-corrected chi connectivity index (χ3v) is 4.63.